The summed E-state index contributed by atoms with van der Waals surface area (Å²) in [5.41, 5.74) is 0. The van der Waals surface area contributed by atoms with Gasteiger partial charge >= 0.3 is 11.9 Å². The first kappa shape index (κ1) is 17.9. The Labute approximate surface area is 116 Å². The summed E-state index contributed by atoms with van der Waals surface area (Å²) < 4.78 is 0. The third kappa shape index (κ3) is 11.7. The Morgan fingerprint density at radius 2 is 1.37 bits per heavy atom. The Balaban J connectivity index is 3.59. The zero-order valence-corrected chi connectivity index (χ0v) is 12.1. The molecule has 0 heterocycles. The molecule has 19 heavy (non-hydrogen) atoms. The second kappa shape index (κ2) is 12.0. The second-order valence-electron chi connectivity index (χ2n) is 5.23. The van der Waals surface area contributed by atoms with Gasteiger partial charge in [0.25, 0.3) is 0 Å². The van der Waals surface area contributed by atoms with Crippen LogP contribution in [0.5, 0.6) is 0 Å². The Kier molecular flexibility index (Phi) is 11.3. The summed E-state index contributed by atoms with van der Waals surface area (Å²) in [6.07, 6.45) is 9.62. The van der Waals surface area contributed by atoms with Crippen LogP contribution in [0.1, 0.15) is 77.6 Å². The Morgan fingerprint density at radius 3 is 1.84 bits per heavy atom. The van der Waals surface area contributed by atoms with Crippen molar-refractivity contribution in [2.45, 2.75) is 77.6 Å². The molecule has 0 amide bonds. The summed E-state index contributed by atoms with van der Waals surface area (Å²) in [7, 11) is 0. The van der Waals surface area contributed by atoms with Crippen molar-refractivity contribution >= 4 is 11.9 Å². The van der Waals surface area contributed by atoms with Gasteiger partial charge in [-0.05, 0) is 19.3 Å². The fourth-order valence-electron chi connectivity index (χ4n) is 2.23. The van der Waals surface area contributed by atoms with Crippen molar-refractivity contribution in [3.63, 3.8) is 0 Å². The van der Waals surface area contributed by atoms with Gasteiger partial charge in [0.15, 0.2) is 0 Å². The zero-order chi connectivity index (χ0) is 14.5. The molecule has 0 saturated carbocycles. The molecule has 0 aromatic carbocycles. The van der Waals surface area contributed by atoms with Crippen LogP contribution >= 0.6 is 0 Å². The first-order valence-corrected chi connectivity index (χ1v) is 7.52. The van der Waals surface area contributed by atoms with Crippen LogP contribution in [0, 0.1) is 5.92 Å². The van der Waals surface area contributed by atoms with Gasteiger partial charge < -0.3 is 10.2 Å². The lowest BCUT2D eigenvalue weighted by molar-refractivity contribution is -0.142. The highest BCUT2D eigenvalue weighted by atomic mass is 16.4. The quantitative estimate of drug-likeness (QED) is 0.495. The van der Waals surface area contributed by atoms with Gasteiger partial charge in [0.05, 0.1) is 5.92 Å². The number of hydrogen-bond donors (Lipinski definition) is 2. The molecule has 0 aliphatic heterocycles. The number of carboxylic acid groups (broad SMARTS) is 2. The molecule has 4 nitrogen and oxygen atoms in total. The largest absolute Gasteiger partial charge is 0.481 e. The van der Waals surface area contributed by atoms with E-state index in [1.165, 1.54) is 12.8 Å². The van der Waals surface area contributed by atoms with Crippen molar-refractivity contribution < 1.29 is 19.8 Å². The van der Waals surface area contributed by atoms with Gasteiger partial charge in [-0.25, -0.2) is 0 Å². The van der Waals surface area contributed by atoms with Crippen molar-refractivity contribution in [1.82, 2.24) is 0 Å². The van der Waals surface area contributed by atoms with Gasteiger partial charge in [-0.3, -0.25) is 9.59 Å². The number of carbonyl (C=O) groups is 2. The Morgan fingerprint density at radius 1 is 0.842 bits per heavy atom. The molecule has 0 aromatic heterocycles. The zero-order valence-electron chi connectivity index (χ0n) is 12.1. The number of unbranched alkanes of at least 4 members (excludes halogenated alkanes) is 6. The maximum atomic E-state index is 11.1. The van der Waals surface area contributed by atoms with E-state index >= 15 is 0 Å². The van der Waals surface area contributed by atoms with Crippen LogP contribution in [0.15, 0.2) is 0 Å². The number of hydrogen-bond acceptors (Lipinski definition) is 2. The summed E-state index contributed by atoms with van der Waals surface area (Å²) in [5.74, 6) is -1.64. The van der Waals surface area contributed by atoms with E-state index in [1.54, 1.807) is 0 Å². The van der Waals surface area contributed by atoms with Crippen LogP contribution in [-0.2, 0) is 9.59 Å². The molecule has 0 aliphatic rings. The Hall–Kier alpha value is -1.06. The molecule has 0 saturated heterocycles. The maximum Gasteiger partial charge on any atom is 0.306 e. The average molecular weight is 272 g/mol. The molecule has 1 unspecified atom stereocenters. The van der Waals surface area contributed by atoms with Crippen LogP contribution in [0.4, 0.5) is 0 Å². The first-order chi connectivity index (χ1) is 9.07. The summed E-state index contributed by atoms with van der Waals surface area (Å²) in [5, 5.41) is 17.6. The molecule has 0 aromatic rings. The van der Waals surface area contributed by atoms with Crippen LogP contribution < -0.4 is 0 Å². The average Bonchev–Trinajstić information content (AvgIpc) is 2.35. The van der Waals surface area contributed by atoms with Crippen molar-refractivity contribution in [3.8, 4) is 0 Å². The van der Waals surface area contributed by atoms with E-state index in [9.17, 15) is 9.59 Å². The summed E-state index contributed by atoms with van der Waals surface area (Å²) >= 11 is 0. The van der Waals surface area contributed by atoms with Crippen LogP contribution in [0.3, 0.4) is 0 Å². The molecule has 0 spiro atoms. The van der Waals surface area contributed by atoms with Crippen molar-refractivity contribution in [3.05, 3.63) is 0 Å². The third-order valence-electron chi connectivity index (χ3n) is 3.45. The molecule has 4 heteroatoms. The van der Waals surface area contributed by atoms with Crippen molar-refractivity contribution in [2.75, 3.05) is 0 Å². The molecular formula is C15H28O4. The van der Waals surface area contributed by atoms with Gasteiger partial charge in [0.2, 0.25) is 0 Å². The highest BCUT2D eigenvalue weighted by Gasteiger charge is 2.16. The van der Waals surface area contributed by atoms with E-state index in [1.807, 2.05) is 0 Å². The van der Waals surface area contributed by atoms with E-state index in [-0.39, 0.29) is 12.3 Å². The third-order valence-corrected chi connectivity index (χ3v) is 3.45. The van der Waals surface area contributed by atoms with Gasteiger partial charge in [-0.15, -0.1) is 0 Å². The fourth-order valence-corrected chi connectivity index (χ4v) is 2.23. The van der Waals surface area contributed by atoms with Gasteiger partial charge in [-0.2, -0.15) is 0 Å². The van der Waals surface area contributed by atoms with Gasteiger partial charge in [0, 0.05) is 6.42 Å². The van der Waals surface area contributed by atoms with Gasteiger partial charge in [0.1, 0.15) is 0 Å². The second-order valence-corrected chi connectivity index (χ2v) is 5.23. The standard InChI is InChI=1S/C15H28O4/c1-2-3-4-7-10-13(15(18)19)11-8-5-6-9-12-14(16)17/h13H,2-12H2,1H3,(H,16,17)(H,18,19). The molecule has 0 rings (SSSR count). The molecule has 1 atom stereocenters. The number of aliphatic carboxylic acids is 2. The number of carboxylic acids is 2. The summed E-state index contributed by atoms with van der Waals surface area (Å²) in [4.78, 5) is 21.4. The van der Waals surface area contributed by atoms with Crippen LogP contribution in [-0.4, -0.2) is 22.2 Å². The smallest absolute Gasteiger partial charge is 0.306 e. The number of rotatable bonds is 13. The predicted molar refractivity (Wildman–Crippen MR) is 75.2 cm³/mol. The monoisotopic (exact) mass is 272 g/mol. The van der Waals surface area contributed by atoms with Crippen molar-refractivity contribution in [1.29, 1.82) is 0 Å². The lowest BCUT2D eigenvalue weighted by atomic mass is 9.94. The van der Waals surface area contributed by atoms with E-state index in [0.29, 0.717) is 6.42 Å². The molecule has 2 N–H and O–H groups in total. The van der Waals surface area contributed by atoms with E-state index < -0.39 is 11.9 Å². The lowest BCUT2D eigenvalue weighted by Crippen LogP contribution is -2.13. The van der Waals surface area contributed by atoms with E-state index in [2.05, 4.69) is 6.92 Å². The first-order valence-electron chi connectivity index (χ1n) is 7.52. The summed E-state index contributed by atoms with van der Waals surface area (Å²) in [6.45, 7) is 2.14. The predicted octanol–water partition coefficient (Wildman–Crippen LogP) is 4.08. The molecule has 0 radical (unpaired) electrons. The molecule has 0 fully saturated rings. The minimum atomic E-state index is -0.751. The van der Waals surface area contributed by atoms with Crippen LogP contribution in [0.25, 0.3) is 0 Å². The minimum absolute atomic E-state index is 0.212. The van der Waals surface area contributed by atoms with Crippen molar-refractivity contribution in [2.24, 2.45) is 5.92 Å². The highest BCUT2D eigenvalue weighted by molar-refractivity contribution is 5.69. The maximum absolute atomic E-state index is 11.1. The Bertz CT molecular complexity index is 251. The fraction of sp³-hybridized carbons (Fsp3) is 0.867. The minimum Gasteiger partial charge on any atom is -0.481 e. The van der Waals surface area contributed by atoms with E-state index in [0.717, 1.165) is 44.9 Å². The van der Waals surface area contributed by atoms with Crippen LogP contribution in [0.2, 0.25) is 0 Å². The molecule has 0 aliphatic carbocycles. The molecule has 0 bridgehead atoms. The summed E-state index contributed by atoms with van der Waals surface area (Å²) in [6, 6.07) is 0. The molecule has 112 valence electrons. The van der Waals surface area contributed by atoms with E-state index in [4.69, 9.17) is 10.2 Å². The SMILES string of the molecule is CCCCCCC(CCCCCCC(=O)O)C(=O)O. The van der Waals surface area contributed by atoms with Gasteiger partial charge in [-0.1, -0.05) is 51.9 Å². The lowest BCUT2D eigenvalue weighted by Gasteiger charge is -2.11. The normalized spacial score (nSPS) is 12.3. The highest BCUT2D eigenvalue weighted by Crippen LogP contribution is 2.18. The topological polar surface area (TPSA) is 74.6 Å². The molecular weight excluding hydrogens is 244 g/mol.